The molecule has 2 aliphatic rings. The molecule has 114 valence electrons. The van der Waals surface area contributed by atoms with Crippen molar-refractivity contribution in [1.29, 1.82) is 0 Å². The first kappa shape index (κ1) is 14.5. The van der Waals surface area contributed by atoms with Crippen LogP contribution in [0.15, 0.2) is 30.3 Å². The summed E-state index contributed by atoms with van der Waals surface area (Å²) in [5.41, 5.74) is -0.0999. The zero-order chi connectivity index (χ0) is 15.0. The maximum atomic E-state index is 12.3. The predicted molar refractivity (Wildman–Crippen MR) is 76.2 cm³/mol. The Labute approximate surface area is 123 Å². The highest BCUT2D eigenvalue weighted by Crippen LogP contribution is 2.40. The van der Waals surface area contributed by atoms with E-state index in [1.807, 2.05) is 30.3 Å². The van der Waals surface area contributed by atoms with Gasteiger partial charge in [-0.3, -0.25) is 4.79 Å². The van der Waals surface area contributed by atoms with Crippen LogP contribution in [0, 0.1) is 0 Å². The summed E-state index contributed by atoms with van der Waals surface area (Å²) in [5, 5.41) is 30.5. The van der Waals surface area contributed by atoms with Gasteiger partial charge in [-0.1, -0.05) is 30.3 Å². The maximum Gasteiger partial charge on any atom is 0.223 e. The first-order valence-corrected chi connectivity index (χ1v) is 7.41. The molecule has 1 amide bonds. The number of fused-ring (bicyclic) bond motifs is 1. The van der Waals surface area contributed by atoms with E-state index in [-0.39, 0.29) is 25.2 Å². The van der Waals surface area contributed by atoms with Gasteiger partial charge in [0, 0.05) is 19.4 Å². The fourth-order valence-electron chi connectivity index (χ4n) is 3.54. The fraction of sp³-hybridized carbons (Fsp3) is 0.562. The Kier molecular flexibility index (Phi) is 3.73. The molecule has 1 aliphatic carbocycles. The molecule has 0 aromatic heterocycles. The molecular weight excluding hydrogens is 270 g/mol. The van der Waals surface area contributed by atoms with Crippen LogP contribution < -0.4 is 0 Å². The van der Waals surface area contributed by atoms with Crippen LogP contribution >= 0.6 is 0 Å². The van der Waals surface area contributed by atoms with Crippen LogP contribution in [0.3, 0.4) is 0 Å². The molecule has 1 aromatic carbocycles. The fourth-order valence-corrected chi connectivity index (χ4v) is 3.54. The summed E-state index contributed by atoms with van der Waals surface area (Å²) >= 11 is 0. The van der Waals surface area contributed by atoms with Crippen LogP contribution in [0.4, 0.5) is 0 Å². The Morgan fingerprint density at radius 3 is 2.62 bits per heavy atom. The Morgan fingerprint density at radius 2 is 1.90 bits per heavy atom. The van der Waals surface area contributed by atoms with Gasteiger partial charge in [0.2, 0.25) is 5.91 Å². The molecule has 0 spiro atoms. The standard InChI is InChI=1S/C16H21NO4/c18-12-8-14-16(21,9-13(12)19)7-6-15(20)17(14)10-11-4-2-1-3-5-11/h1-5,12-14,18-19,21H,6-10H2/t12-,13+,14-,16-/m0/s1. The molecule has 5 nitrogen and oxygen atoms in total. The molecule has 3 N–H and O–H groups in total. The number of piperidine rings is 1. The largest absolute Gasteiger partial charge is 0.390 e. The van der Waals surface area contributed by atoms with Gasteiger partial charge in [0.1, 0.15) is 0 Å². The molecule has 1 saturated heterocycles. The predicted octanol–water partition coefficient (Wildman–Crippen LogP) is 0.424. The van der Waals surface area contributed by atoms with E-state index in [0.29, 0.717) is 13.0 Å². The number of amides is 1. The number of aliphatic hydroxyl groups is 3. The highest BCUT2D eigenvalue weighted by atomic mass is 16.3. The Morgan fingerprint density at radius 1 is 1.19 bits per heavy atom. The lowest BCUT2D eigenvalue weighted by molar-refractivity contribution is -0.180. The Bertz CT molecular complexity index is 520. The van der Waals surface area contributed by atoms with Crippen LogP contribution in [0.25, 0.3) is 0 Å². The third kappa shape index (κ3) is 2.69. The summed E-state index contributed by atoms with van der Waals surface area (Å²) in [7, 11) is 0. The molecule has 5 heteroatoms. The first-order chi connectivity index (χ1) is 9.99. The van der Waals surface area contributed by atoms with Crippen LogP contribution in [-0.2, 0) is 11.3 Å². The van der Waals surface area contributed by atoms with Crippen molar-refractivity contribution < 1.29 is 20.1 Å². The van der Waals surface area contributed by atoms with E-state index < -0.39 is 23.9 Å². The molecule has 1 aromatic rings. The second-order valence-electron chi connectivity index (χ2n) is 6.20. The number of rotatable bonds is 2. The second kappa shape index (κ2) is 5.40. The molecule has 1 heterocycles. The van der Waals surface area contributed by atoms with Crippen molar-refractivity contribution in [2.75, 3.05) is 0 Å². The van der Waals surface area contributed by atoms with Crippen molar-refractivity contribution in [1.82, 2.24) is 4.90 Å². The van der Waals surface area contributed by atoms with Gasteiger partial charge in [0.15, 0.2) is 0 Å². The van der Waals surface area contributed by atoms with Gasteiger partial charge in [-0.2, -0.15) is 0 Å². The average molecular weight is 291 g/mol. The molecule has 3 rings (SSSR count). The minimum Gasteiger partial charge on any atom is -0.390 e. The van der Waals surface area contributed by atoms with E-state index in [1.165, 1.54) is 0 Å². The van der Waals surface area contributed by atoms with Gasteiger partial charge in [-0.05, 0) is 18.4 Å². The average Bonchev–Trinajstić information content (AvgIpc) is 2.47. The van der Waals surface area contributed by atoms with Gasteiger partial charge in [0.05, 0.1) is 23.9 Å². The Hall–Kier alpha value is -1.43. The highest BCUT2D eigenvalue weighted by molar-refractivity contribution is 5.78. The molecule has 21 heavy (non-hydrogen) atoms. The van der Waals surface area contributed by atoms with Gasteiger partial charge >= 0.3 is 0 Å². The second-order valence-corrected chi connectivity index (χ2v) is 6.20. The van der Waals surface area contributed by atoms with Gasteiger partial charge in [-0.15, -0.1) is 0 Å². The minimum absolute atomic E-state index is 0.00267. The van der Waals surface area contributed by atoms with Gasteiger partial charge in [0.25, 0.3) is 0 Å². The molecule has 0 radical (unpaired) electrons. The number of hydrogen-bond donors (Lipinski definition) is 3. The van der Waals surface area contributed by atoms with Crippen molar-refractivity contribution in [2.45, 2.75) is 56.1 Å². The van der Waals surface area contributed by atoms with Crippen molar-refractivity contribution in [2.24, 2.45) is 0 Å². The molecule has 2 fully saturated rings. The zero-order valence-electron chi connectivity index (χ0n) is 11.9. The lowest BCUT2D eigenvalue weighted by Crippen LogP contribution is -2.64. The minimum atomic E-state index is -1.10. The number of likely N-dealkylation sites (tertiary alicyclic amines) is 1. The van der Waals surface area contributed by atoms with E-state index in [0.717, 1.165) is 5.56 Å². The van der Waals surface area contributed by atoms with Crippen molar-refractivity contribution in [3.8, 4) is 0 Å². The third-order valence-electron chi connectivity index (χ3n) is 4.76. The van der Waals surface area contributed by atoms with E-state index >= 15 is 0 Å². The van der Waals surface area contributed by atoms with E-state index in [1.54, 1.807) is 4.90 Å². The van der Waals surface area contributed by atoms with Crippen LogP contribution in [-0.4, -0.2) is 50.0 Å². The van der Waals surface area contributed by atoms with E-state index in [2.05, 4.69) is 0 Å². The molecule has 4 atom stereocenters. The van der Waals surface area contributed by atoms with Crippen LogP contribution in [0.2, 0.25) is 0 Å². The lowest BCUT2D eigenvalue weighted by Gasteiger charge is -2.51. The quantitative estimate of drug-likeness (QED) is 0.738. The first-order valence-electron chi connectivity index (χ1n) is 7.41. The number of aliphatic hydroxyl groups excluding tert-OH is 2. The van der Waals surface area contributed by atoms with Crippen LogP contribution in [0.1, 0.15) is 31.2 Å². The summed E-state index contributed by atoms with van der Waals surface area (Å²) in [6.45, 7) is 0.426. The smallest absolute Gasteiger partial charge is 0.223 e. The van der Waals surface area contributed by atoms with Crippen molar-refractivity contribution >= 4 is 5.91 Å². The summed E-state index contributed by atoms with van der Waals surface area (Å²) in [4.78, 5) is 13.9. The summed E-state index contributed by atoms with van der Waals surface area (Å²) in [6, 6.07) is 9.19. The SMILES string of the molecule is O=C1CC[C@]2(O)C[C@@H](O)[C@@H](O)C[C@@H]2N1Cc1ccccc1. The third-order valence-corrected chi connectivity index (χ3v) is 4.76. The highest BCUT2D eigenvalue weighted by Gasteiger charge is 2.52. The van der Waals surface area contributed by atoms with Crippen LogP contribution in [0.5, 0.6) is 0 Å². The number of carbonyl (C=O) groups excluding carboxylic acids is 1. The van der Waals surface area contributed by atoms with Crippen molar-refractivity contribution in [3.63, 3.8) is 0 Å². The number of nitrogens with zero attached hydrogens (tertiary/aromatic N) is 1. The summed E-state index contributed by atoms with van der Waals surface area (Å²) < 4.78 is 0. The summed E-state index contributed by atoms with van der Waals surface area (Å²) in [5.74, 6) is -0.00267. The number of hydrogen-bond acceptors (Lipinski definition) is 4. The molecule has 1 saturated carbocycles. The lowest BCUT2D eigenvalue weighted by atomic mass is 9.72. The van der Waals surface area contributed by atoms with E-state index in [9.17, 15) is 20.1 Å². The topological polar surface area (TPSA) is 81.0 Å². The molecule has 0 bridgehead atoms. The normalized spacial score (nSPS) is 36.4. The number of benzene rings is 1. The van der Waals surface area contributed by atoms with E-state index in [4.69, 9.17) is 0 Å². The monoisotopic (exact) mass is 291 g/mol. The molecule has 0 unspecified atom stereocenters. The Balaban J connectivity index is 1.85. The maximum absolute atomic E-state index is 12.3. The summed E-state index contributed by atoms with van der Waals surface area (Å²) in [6.07, 6.45) is -0.834. The molecule has 1 aliphatic heterocycles. The van der Waals surface area contributed by atoms with Gasteiger partial charge in [-0.25, -0.2) is 0 Å². The zero-order valence-corrected chi connectivity index (χ0v) is 11.9. The molecular formula is C16H21NO4. The number of carbonyl (C=O) groups is 1. The van der Waals surface area contributed by atoms with Crippen molar-refractivity contribution in [3.05, 3.63) is 35.9 Å². The van der Waals surface area contributed by atoms with Gasteiger partial charge < -0.3 is 20.2 Å².